The van der Waals surface area contributed by atoms with E-state index in [4.69, 9.17) is 9.47 Å². The van der Waals surface area contributed by atoms with Crippen molar-refractivity contribution in [2.45, 2.75) is 58.0 Å². The van der Waals surface area contributed by atoms with E-state index in [1.807, 2.05) is 0 Å². The number of imide groups is 1. The molecule has 0 aromatic rings. The Kier molecular flexibility index (Phi) is 14.5. The largest absolute Gasteiger partial charge is 0.450 e. The highest BCUT2D eigenvalue weighted by Crippen LogP contribution is 2.12. The zero-order chi connectivity index (χ0) is 26.9. The number of ether oxygens (including phenoxy) is 2. The molecule has 5 N–H and O–H groups in total. The van der Waals surface area contributed by atoms with Crippen molar-refractivity contribution in [2.75, 3.05) is 46.4 Å². The van der Waals surface area contributed by atoms with E-state index in [0.717, 1.165) is 4.90 Å². The first kappa shape index (κ1) is 30.6. The third-order valence-electron chi connectivity index (χ3n) is 5.25. The molecule has 1 rings (SSSR count). The summed E-state index contributed by atoms with van der Waals surface area (Å²) >= 11 is 0. The molecule has 6 amide bonds. The van der Waals surface area contributed by atoms with Crippen LogP contribution in [-0.4, -0.2) is 99.2 Å². The first-order chi connectivity index (χ1) is 17.2. The second-order valence-electron chi connectivity index (χ2n) is 7.88. The minimum absolute atomic E-state index is 0.00933. The van der Waals surface area contributed by atoms with Crippen LogP contribution in [0.25, 0.3) is 0 Å². The molecule has 0 aromatic carbocycles. The number of unbranched alkanes of at least 4 members (excludes halogenated alkanes) is 1. The van der Waals surface area contributed by atoms with Gasteiger partial charge in [0.15, 0.2) is 0 Å². The van der Waals surface area contributed by atoms with Crippen molar-refractivity contribution in [2.24, 2.45) is 0 Å². The van der Waals surface area contributed by atoms with Gasteiger partial charge in [0, 0.05) is 32.6 Å². The number of nitrogens with one attached hydrogen (secondary N) is 5. The molecule has 204 valence electrons. The molecule has 2 unspecified atom stereocenters. The highest BCUT2D eigenvalue weighted by Gasteiger charge is 2.37. The van der Waals surface area contributed by atoms with E-state index in [9.17, 15) is 28.8 Å². The maximum atomic E-state index is 12.5. The molecule has 0 saturated carbocycles. The standard InChI is InChI=1S/C22H38N6O8/c1-4-35-21(33)26-10-7-6-8-15(27-22(34)36-5-2)19(31)25-12-11-24-17(29)9-13-28-18(30)14-16(23-3)20(28)32/h15-16,23H,4-14H2,1-3H3,(H,24,29)(H,25,31)(H,26,33)(H,27,34). The van der Waals surface area contributed by atoms with Crippen LogP contribution in [0.4, 0.5) is 9.59 Å². The Morgan fingerprint density at radius 3 is 2.25 bits per heavy atom. The van der Waals surface area contributed by atoms with Crippen LogP contribution in [0.1, 0.15) is 46.0 Å². The van der Waals surface area contributed by atoms with Crippen LogP contribution < -0.4 is 26.6 Å². The molecule has 0 bridgehead atoms. The average molecular weight is 515 g/mol. The van der Waals surface area contributed by atoms with Crippen LogP contribution in [0.3, 0.4) is 0 Å². The zero-order valence-corrected chi connectivity index (χ0v) is 21.1. The molecule has 1 saturated heterocycles. The van der Waals surface area contributed by atoms with Crippen LogP contribution in [-0.2, 0) is 28.7 Å². The van der Waals surface area contributed by atoms with E-state index in [1.54, 1.807) is 20.9 Å². The predicted octanol–water partition coefficient (Wildman–Crippen LogP) is -1.01. The SMILES string of the molecule is CCOC(=O)NCCCCC(NC(=O)OCC)C(=O)NCCNC(=O)CCN1C(=O)CC(NC)C1=O. The van der Waals surface area contributed by atoms with Gasteiger partial charge >= 0.3 is 12.2 Å². The lowest BCUT2D eigenvalue weighted by atomic mass is 10.1. The number of amides is 6. The molecule has 2 atom stereocenters. The van der Waals surface area contributed by atoms with E-state index >= 15 is 0 Å². The Morgan fingerprint density at radius 2 is 1.61 bits per heavy atom. The molecule has 14 nitrogen and oxygen atoms in total. The predicted molar refractivity (Wildman–Crippen MR) is 128 cm³/mol. The average Bonchev–Trinajstić information content (AvgIpc) is 3.11. The highest BCUT2D eigenvalue weighted by molar-refractivity contribution is 6.05. The molecule has 0 radical (unpaired) electrons. The highest BCUT2D eigenvalue weighted by atomic mass is 16.6. The minimum atomic E-state index is -0.852. The van der Waals surface area contributed by atoms with Crippen LogP contribution in [0.15, 0.2) is 0 Å². The number of hydrogen-bond donors (Lipinski definition) is 5. The zero-order valence-electron chi connectivity index (χ0n) is 21.1. The summed E-state index contributed by atoms with van der Waals surface area (Å²) in [5.74, 6) is -1.48. The van der Waals surface area contributed by atoms with E-state index in [2.05, 4.69) is 26.6 Å². The lowest BCUT2D eigenvalue weighted by Gasteiger charge is -2.18. The maximum Gasteiger partial charge on any atom is 0.407 e. The summed E-state index contributed by atoms with van der Waals surface area (Å²) in [4.78, 5) is 72.7. The van der Waals surface area contributed by atoms with Gasteiger partial charge in [-0.1, -0.05) is 0 Å². The smallest absolute Gasteiger partial charge is 0.407 e. The van der Waals surface area contributed by atoms with Gasteiger partial charge in [0.05, 0.1) is 25.7 Å². The van der Waals surface area contributed by atoms with E-state index in [1.165, 1.54) is 0 Å². The van der Waals surface area contributed by atoms with Gasteiger partial charge in [-0.25, -0.2) is 9.59 Å². The van der Waals surface area contributed by atoms with Crippen LogP contribution >= 0.6 is 0 Å². The fourth-order valence-electron chi connectivity index (χ4n) is 3.39. The summed E-state index contributed by atoms with van der Waals surface area (Å²) in [6.45, 7) is 4.36. The monoisotopic (exact) mass is 514 g/mol. The van der Waals surface area contributed by atoms with Crippen molar-refractivity contribution in [1.82, 2.24) is 31.5 Å². The summed E-state index contributed by atoms with van der Waals surface area (Å²) in [5.41, 5.74) is 0. The number of carbonyl (C=O) groups is 6. The quantitative estimate of drug-likeness (QED) is 0.127. The summed E-state index contributed by atoms with van der Waals surface area (Å²) in [5, 5.41) is 13.1. The van der Waals surface area contributed by atoms with E-state index in [-0.39, 0.29) is 63.4 Å². The topological polar surface area (TPSA) is 184 Å². The van der Waals surface area contributed by atoms with Crippen LogP contribution in [0.2, 0.25) is 0 Å². The number of likely N-dealkylation sites (N-methyl/N-ethyl adjacent to an activating group) is 1. The van der Waals surface area contributed by atoms with Gasteiger partial charge in [-0.3, -0.25) is 24.1 Å². The van der Waals surface area contributed by atoms with E-state index in [0.29, 0.717) is 25.8 Å². The van der Waals surface area contributed by atoms with Gasteiger partial charge in [0.25, 0.3) is 0 Å². The second kappa shape index (κ2) is 17.1. The van der Waals surface area contributed by atoms with Gasteiger partial charge in [0.1, 0.15) is 6.04 Å². The third kappa shape index (κ3) is 11.3. The third-order valence-corrected chi connectivity index (χ3v) is 5.25. The number of carbonyl (C=O) groups excluding carboxylic acids is 6. The first-order valence-electron chi connectivity index (χ1n) is 12.1. The van der Waals surface area contributed by atoms with Gasteiger partial charge in [-0.05, 0) is 40.2 Å². The number of hydrogen-bond acceptors (Lipinski definition) is 9. The van der Waals surface area contributed by atoms with Crippen LogP contribution in [0.5, 0.6) is 0 Å². The van der Waals surface area contributed by atoms with Crippen molar-refractivity contribution in [3.8, 4) is 0 Å². The molecular formula is C22H38N6O8. The Labute approximate surface area is 210 Å². The normalized spacial score (nSPS) is 15.8. The molecule has 1 heterocycles. The Morgan fingerprint density at radius 1 is 0.944 bits per heavy atom. The molecular weight excluding hydrogens is 476 g/mol. The molecule has 0 aromatic heterocycles. The molecule has 1 fully saturated rings. The fourth-order valence-corrected chi connectivity index (χ4v) is 3.39. The molecule has 36 heavy (non-hydrogen) atoms. The number of alkyl carbamates (subject to hydrolysis) is 2. The van der Waals surface area contributed by atoms with Crippen molar-refractivity contribution in [3.63, 3.8) is 0 Å². The summed E-state index contributed by atoms with van der Waals surface area (Å²) < 4.78 is 9.61. The van der Waals surface area contributed by atoms with Crippen molar-refractivity contribution < 1.29 is 38.2 Å². The van der Waals surface area contributed by atoms with Gasteiger partial charge < -0.3 is 36.1 Å². The lowest BCUT2D eigenvalue weighted by molar-refractivity contribution is -0.139. The molecule has 1 aliphatic heterocycles. The maximum absolute atomic E-state index is 12.5. The van der Waals surface area contributed by atoms with Gasteiger partial charge in [-0.2, -0.15) is 0 Å². The first-order valence-corrected chi connectivity index (χ1v) is 12.1. The molecule has 0 aliphatic carbocycles. The van der Waals surface area contributed by atoms with Crippen LogP contribution in [0, 0.1) is 0 Å². The Hall–Kier alpha value is -3.42. The summed E-state index contributed by atoms with van der Waals surface area (Å²) in [6, 6.07) is -1.41. The number of rotatable bonds is 16. The Balaban J connectivity index is 2.36. The van der Waals surface area contributed by atoms with Crippen molar-refractivity contribution in [1.29, 1.82) is 0 Å². The summed E-state index contributed by atoms with van der Waals surface area (Å²) in [6.07, 6.45) is 0.213. The van der Waals surface area contributed by atoms with Crippen molar-refractivity contribution in [3.05, 3.63) is 0 Å². The lowest BCUT2D eigenvalue weighted by Crippen LogP contribution is -2.48. The van der Waals surface area contributed by atoms with E-state index < -0.39 is 30.2 Å². The molecule has 0 spiro atoms. The number of nitrogens with zero attached hydrogens (tertiary/aromatic N) is 1. The fraction of sp³-hybridized carbons (Fsp3) is 0.727. The van der Waals surface area contributed by atoms with Gasteiger partial charge in [0.2, 0.25) is 23.6 Å². The molecule has 1 aliphatic rings. The minimum Gasteiger partial charge on any atom is -0.450 e. The summed E-state index contributed by atoms with van der Waals surface area (Å²) in [7, 11) is 1.59. The van der Waals surface area contributed by atoms with Crippen molar-refractivity contribution >= 4 is 35.8 Å². The van der Waals surface area contributed by atoms with Gasteiger partial charge in [-0.15, -0.1) is 0 Å². The number of likely N-dealkylation sites (tertiary alicyclic amines) is 1. The second-order valence-corrected chi connectivity index (χ2v) is 7.88. The molecule has 14 heteroatoms. The Bertz CT molecular complexity index is 778.